The van der Waals surface area contributed by atoms with Crippen molar-refractivity contribution in [2.24, 2.45) is 5.92 Å². The standard InChI is InChI=1S/C22H23ClFN3O3S/c23-18-14-16(24)3-4-17(18)21(29)27-11-9-26(10-12-27)20(28)15-5-7-25(8-6-15)22(30)19-2-1-13-31-19/h1-4,13-15H,5-12H2. The average molecular weight is 464 g/mol. The lowest BCUT2D eigenvalue weighted by atomic mass is 9.94. The normalized spacial score (nSPS) is 17.7. The van der Waals surface area contributed by atoms with Crippen LogP contribution in [0.2, 0.25) is 5.02 Å². The van der Waals surface area contributed by atoms with Crippen molar-refractivity contribution in [3.05, 3.63) is 57.0 Å². The van der Waals surface area contributed by atoms with Crippen LogP contribution < -0.4 is 0 Å². The molecule has 31 heavy (non-hydrogen) atoms. The second kappa shape index (κ2) is 9.36. The molecule has 9 heteroatoms. The molecule has 0 atom stereocenters. The molecule has 1 aromatic carbocycles. The van der Waals surface area contributed by atoms with Crippen LogP contribution in [0.3, 0.4) is 0 Å². The number of hydrogen-bond donors (Lipinski definition) is 0. The third-order valence-electron chi connectivity index (χ3n) is 5.90. The van der Waals surface area contributed by atoms with Crippen LogP contribution in [0.15, 0.2) is 35.7 Å². The molecule has 6 nitrogen and oxygen atoms in total. The Labute approximate surface area is 189 Å². The van der Waals surface area contributed by atoms with Gasteiger partial charge < -0.3 is 14.7 Å². The maximum Gasteiger partial charge on any atom is 0.263 e. The highest BCUT2D eigenvalue weighted by molar-refractivity contribution is 7.12. The summed E-state index contributed by atoms with van der Waals surface area (Å²) < 4.78 is 13.2. The number of amides is 3. The van der Waals surface area contributed by atoms with E-state index in [1.807, 2.05) is 22.4 Å². The predicted octanol–water partition coefficient (Wildman–Crippen LogP) is 3.38. The highest BCUT2D eigenvalue weighted by Crippen LogP contribution is 2.24. The van der Waals surface area contributed by atoms with Crippen LogP contribution in [0, 0.1) is 11.7 Å². The Morgan fingerprint density at radius 3 is 2.16 bits per heavy atom. The van der Waals surface area contributed by atoms with Gasteiger partial charge in [-0.1, -0.05) is 17.7 Å². The van der Waals surface area contributed by atoms with Crippen LogP contribution in [0.5, 0.6) is 0 Å². The van der Waals surface area contributed by atoms with Crippen molar-refractivity contribution < 1.29 is 18.8 Å². The largest absolute Gasteiger partial charge is 0.339 e. The van der Waals surface area contributed by atoms with Gasteiger partial charge in [0.05, 0.1) is 15.5 Å². The smallest absolute Gasteiger partial charge is 0.263 e. The lowest BCUT2D eigenvalue weighted by Gasteiger charge is -2.38. The first-order chi connectivity index (χ1) is 14.9. The summed E-state index contributed by atoms with van der Waals surface area (Å²) in [6.07, 6.45) is 1.31. The first-order valence-electron chi connectivity index (χ1n) is 10.3. The van der Waals surface area contributed by atoms with E-state index in [9.17, 15) is 18.8 Å². The molecule has 0 unspecified atom stereocenters. The van der Waals surface area contributed by atoms with E-state index in [-0.39, 0.29) is 34.2 Å². The van der Waals surface area contributed by atoms with Gasteiger partial charge in [0.1, 0.15) is 5.82 Å². The SMILES string of the molecule is O=C(c1cccs1)N1CCC(C(=O)N2CCN(C(=O)c3ccc(F)cc3Cl)CC2)CC1. The summed E-state index contributed by atoms with van der Waals surface area (Å²) in [5, 5.41) is 1.98. The minimum atomic E-state index is -0.486. The summed E-state index contributed by atoms with van der Waals surface area (Å²) >= 11 is 7.44. The molecule has 0 aliphatic carbocycles. The number of likely N-dealkylation sites (tertiary alicyclic amines) is 1. The Bertz CT molecular complexity index is 968. The number of carbonyl (C=O) groups is 3. The summed E-state index contributed by atoms with van der Waals surface area (Å²) in [6, 6.07) is 7.42. The van der Waals surface area contributed by atoms with Gasteiger partial charge in [-0.25, -0.2) is 4.39 Å². The van der Waals surface area contributed by atoms with Crippen molar-refractivity contribution in [2.75, 3.05) is 39.3 Å². The summed E-state index contributed by atoms with van der Waals surface area (Å²) in [4.78, 5) is 44.1. The van der Waals surface area contributed by atoms with Crippen molar-refractivity contribution in [1.29, 1.82) is 0 Å². The maximum atomic E-state index is 13.2. The number of halogens is 2. The molecular formula is C22H23ClFN3O3S. The number of benzene rings is 1. The highest BCUT2D eigenvalue weighted by Gasteiger charge is 2.33. The number of thiophene rings is 1. The van der Waals surface area contributed by atoms with Crippen LogP contribution in [-0.2, 0) is 4.79 Å². The van der Waals surface area contributed by atoms with Gasteiger partial charge in [-0.15, -0.1) is 11.3 Å². The van der Waals surface area contributed by atoms with Crippen molar-refractivity contribution in [3.8, 4) is 0 Å². The molecule has 0 spiro atoms. The Balaban J connectivity index is 1.28. The third kappa shape index (κ3) is 4.75. The average Bonchev–Trinajstić information content (AvgIpc) is 3.33. The minimum Gasteiger partial charge on any atom is -0.339 e. The van der Waals surface area contributed by atoms with Crippen LogP contribution in [-0.4, -0.2) is 71.7 Å². The second-order valence-corrected chi connectivity index (χ2v) is 9.14. The van der Waals surface area contributed by atoms with E-state index >= 15 is 0 Å². The zero-order chi connectivity index (χ0) is 22.0. The number of rotatable bonds is 3. The first kappa shape index (κ1) is 21.8. The number of hydrogen-bond acceptors (Lipinski definition) is 4. The van der Waals surface area contributed by atoms with Crippen molar-refractivity contribution in [1.82, 2.24) is 14.7 Å². The van der Waals surface area contributed by atoms with Crippen LogP contribution in [0.25, 0.3) is 0 Å². The summed E-state index contributed by atoms with van der Waals surface area (Å²) in [6.45, 7) is 2.89. The van der Waals surface area contributed by atoms with Gasteiger partial charge in [0.2, 0.25) is 5.91 Å². The molecule has 4 rings (SSSR count). The van der Waals surface area contributed by atoms with E-state index in [1.54, 1.807) is 9.80 Å². The summed E-state index contributed by atoms with van der Waals surface area (Å²) in [7, 11) is 0. The van der Waals surface area contributed by atoms with Gasteiger partial charge in [-0.3, -0.25) is 14.4 Å². The van der Waals surface area contributed by atoms with E-state index in [2.05, 4.69) is 0 Å². The Hall–Kier alpha value is -2.45. The number of piperidine rings is 1. The van der Waals surface area contributed by atoms with E-state index in [1.165, 1.54) is 23.5 Å². The zero-order valence-corrected chi connectivity index (χ0v) is 18.5. The molecule has 2 aliphatic rings. The molecule has 0 radical (unpaired) electrons. The monoisotopic (exact) mass is 463 g/mol. The highest BCUT2D eigenvalue weighted by atomic mass is 35.5. The first-order valence-corrected chi connectivity index (χ1v) is 11.6. The Morgan fingerprint density at radius 2 is 1.55 bits per heavy atom. The second-order valence-electron chi connectivity index (χ2n) is 7.79. The van der Waals surface area contributed by atoms with Gasteiger partial charge in [-0.05, 0) is 42.5 Å². The molecule has 164 valence electrons. The molecule has 0 bridgehead atoms. The fraction of sp³-hybridized carbons (Fsp3) is 0.409. The zero-order valence-electron chi connectivity index (χ0n) is 16.9. The lowest BCUT2D eigenvalue weighted by Crippen LogP contribution is -2.53. The summed E-state index contributed by atoms with van der Waals surface area (Å²) in [5.74, 6) is -0.707. The molecule has 0 saturated carbocycles. The van der Waals surface area contributed by atoms with Crippen molar-refractivity contribution >= 4 is 40.7 Å². The molecule has 2 saturated heterocycles. The van der Waals surface area contributed by atoms with Crippen LogP contribution >= 0.6 is 22.9 Å². The molecule has 1 aromatic heterocycles. The van der Waals surface area contributed by atoms with Gasteiger partial charge in [-0.2, -0.15) is 0 Å². The van der Waals surface area contributed by atoms with Gasteiger partial charge in [0.15, 0.2) is 0 Å². The number of nitrogens with zero attached hydrogens (tertiary/aromatic N) is 3. The predicted molar refractivity (Wildman–Crippen MR) is 117 cm³/mol. The number of piperazine rings is 1. The number of carbonyl (C=O) groups excluding carboxylic acids is 3. The van der Waals surface area contributed by atoms with E-state index in [0.717, 1.165) is 10.9 Å². The third-order valence-corrected chi connectivity index (χ3v) is 7.07. The quantitative estimate of drug-likeness (QED) is 0.701. The molecule has 2 fully saturated rings. The van der Waals surface area contributed by atoms with Gasteiger partial charge >= 0.3 is 0 Å². The fourth-order valence-electron chi connectivity index (χ4n) is 4.11. The topological polar surface area (TPSA) is 60.9 Å². The van der Waals surface area contributed by atoms with Crippen molar-refractivity contribution in [2.45, 2.75) is 12.8 Å². The van der Waals surface area contributed by atoms with E-state index in [0.29, 0.717) is 52.1 Å². The molecule has 3 amide bonds. The van der Waals surface area contributed by atoms with Crippen molar-refractivity contribution in [3.63, 3.8) is 0 Å². The summed E-state index contributed by atoms with van der Waals surface area (Å²) in [5.41, 5.74) is 0.269. The molecule has 2 aliphatic heterocycles. The molecule has 0 N–H and O–H groups in total. The molecular weight excluding hydrogens is 441 g/mol. The fourth-order valence-corrected chi connectivity index (χ4v) is 5.05. The maximum absolute atomic E-state index is 13.2. The van der Waals surface area contributed by atoms with Gasteiger partial charge in [0.25, 0.3) is 11.8 Å². The molecule has 2 aromatic rings. The van der Waals surface area contributed by atoms with E-state index < -0.39 is 5.82 Å². The van der Waals surface area contributed by atoms with Crippen LogP contribution in [0.4, 0.5) is 4.39 Å². The Morgan fingerprint density at radius 1 is 0.903 bits per heavy atom. The van der Waals surface area contributed by atoms with Crippen LogP contribution in [0.1, 0.15) is 32.9 Å². The van der Waals surface area contributed by atoms with E-state index in [4.69, 9.17) is 11.6 Å². The minimum absolute atomic E-state index is 0.0347. The molecule has 3 heterocycles. The Kier molecular flexibility index (Phi) is 6.57. The van der Waals surface area contributed by atoms with Gasteiger partial charge in [0, 0.05) is 45.2 Å². The lowest BCUT2D eigenvalue weighted by molar-refractivity contribution is -0.138.